The second-order valence-electron chi connectivity index (χ2n) is 8.53. The van der Waals surface area contributed by atoms with Gasteiger partial charge in [0.05, 0.1) is 10.8 Å². The van der Waals surface area contributed by atoms with E-state index in [1.165, 1.54) is 42.1 Å². The zero-order valence-corrected chi connectivity index (χ0v) is 17.0. The van der Waals surface area contributed by atoms with E-state index in [0.717, 1.165) is 44.0 Å². The molecule has 3 aliphatic rings. The van der Waals surface area contributed by atoms with Crippen molar-refractivity contribution in [2.45, 2.75) is 49.8 Å². The third-order valence-corrected chi connectivity index (χ3v) is 8.67. The Balaban J connectivity index is 1.43. The third-order valence-electron chi connectivity index (χ3n) is 6.79. The number of hydrogen-bond donors (Lipinski definition) is 0. The van der Waals surface area contributed by atoms with Gasteiger partial charge in [-0.3, -0.25) is 4.79 Å². The molecule has 0 aromatic heterocycles. The van der Waals surface area contributed by atoms with E-state index >= 15 is 0 Å². The van der Waals surface area contributed by atoms with Gasteiger partial charge < -0.3 is 4.90 Å². The van der Waals surface area contributed by atoms with Crippen LogP contribution < -0.4 is 0 Å². The number of nitrogens with zero attached hydrogens (tertiary/aromatic N) is 2. The minimum absolute atomic E-state index is 0.0880. The van der Waals surface area contributed by atoms with Crippen molar-refractivity contribution in [3.8, 4) is 0 Å². The van der Waals surface area contributed by atoms with Crippen LogP contribution in [0.5, 0.6) is 0 Å². The summed E-state index contributed by atoms with van der Waals surface area (Å²) in [4.78, 5) is 15.2. The lowest BCUT2D eigenvalue weighted by atomic mass is 9.75. The first-order valence-electron chi connectivity index (χ1n) is 10.5. The van der Waals surface area contributed by atoms with Crippen LogP contribution in [-0.4, -0.2) is 49.7 Å². The van der Waals surface area contributed by atoms with Crippen LogP contribution in [-0.2, 0) is 14.8 Å². The Morgan fingerprint density at radius 2 is 1.61 bits per heavy atom. The van der Waals surface area contributed by atoms with Crippen molar-refractivity contribution in [1.82, 2.24) is 9.21 Å². The van der Waals surface area contributed by atoms with E-state index in [9.17, 15) is 17.6 Å². The lowest BCUT2D eigenvalue weighted by molar-refractivity contribution is -0.139. The number of piperidine rings is 2. The molecule has 154 valence electrons. The number of rotatable bonds is 3. The molecule has 2 saturated heterocycles. The Bertz CT molecular complexity index is 811. The Morgan fingerprint density at radius 1 is 0.893 bits per heavy atom. The van der Waals surface area contributed by atoms with E-state index in [2.05, 4.69) is 0 Å². The molecule has 1 amide bonds. The summed E-state index contributed by atoms with van der Waals surface area (Å²) in [5, 5.41) is 0. The number of amides is 1. The fourth-order valence-corrected chi connectivity index (χ4v) is 6.70. The van der Waals surface area contributed by atoms with Gasteiger partial charge in [-0.25, -0.2) is 12.8 Å². The molecule has 1 aliphatic carbocycles. The fraction of sp³-hybridized carbons (Fsp3) is 0.667. The van der Waals surface area contributed by atoms with Gasteiger partial charge >= 0.3 is 0 Å². The monoisotopic (exact) mass is 408 g/mol. The van der Waals surface area contributed by atoms with Crippen LogP contribution in [0.3, 0.4) is 0 Å². The van der Waals surface area contributed by atoms with Crippen LogP contribution in [0.15, 0.2) is 29.2 Å². The van der Waals surface area contributed by atoms with Crippen molar-refractivity contribution in [3.05, 3.63) is 30.1 Å². The van der Waals surface area contributed by atoms with Crippen LogP contribution in [0.25, 0.3) is 0 Å². The van der Waals surface area contributed by atoms with E-state index in [1.807, 2.05) is 4.90 Å². The summed E-state index contributed by atoms with van der Waals surface area (Å²) in [5.74, 6) is 0.762. The van der Waals surface area contributed by atoms with E-state index < -0.39 is 15.8 Å². The van der Waals surface area contributed by atoms with Crippen LogP contribution in [0, 0.1) is 23.6 Å². The zero-order chi connectivity index (χ0) is 19.7. The molecule has 2 aliphatic heterocycles. The zero-order valence-electron chi connectivity index (χ0n) is 16.2. The number of likely N-dealkylation sites (tertiary alicyclic amines) is 1. The Morgan fingerprint density at radius 3 is 2.36 bits per heavy atom. The highest BCUT2D eigenvalue weighted by molar-refractivity contribution is 7.89. The van der Waals surface area contributed by atoms with Crippen molar-refractivity contribution in [3.63, 3.8) is 0 Å². The standard InChI is InChI=1S/C21H29FN2O3S/c22-19-7-9-20(10-8-19)28(26,27)24-12-3-6-18(15-24)21(25)23-13-11-16-4-1-2-5-17(16)14-23/h7-10,16-18H,1-6,11-15H2/t16-,17+,18+/m0/s1. The SMILES string of the molecule is O=C([C@@H]1CCCN(S(=O)(=O)c2ccc(F)cc2)C1)N1CC[C@@H]2CCCC[C@@H]2C1. The van der Waals surface area contributed by atoms with Crippen LogP contribution in [0.4, 0.5) is 4.39 Å². The lowest BCUT2D eigenvalue weighted by Crippen LogP contribution is -2.50. The molecule has 2 heterocycles. The minimum atomic E-state index is -3.70. The Hall–Kier alpha value is -1.47. The smallest absolute Gasteiger partial charge is 0.243 e. The first-order valence-corrected chi connectivity index (χ1v) is 11.9. The number of hydrogen-bond acceptors (Lipinski definition) is 3. The molecule has 1 saturated carbocycles. The van der Waals surface area contributed by atoms with Gasteiger partial charge in [-0.15, -0.1) is 0 Å². The lowest BCUT2D eigenvalue weighted by Gasteiger charge is -2.43. The summed E-state index contributed by atoms with van der Waals surface area (Å²) >= 11 is 0. The summed E-state index contributed by atoms with van der Waals surface area (Å²) in [7, 11) is -3.70. The molecule has 0 bridgehead atoms. The maximum Gasteiger partial charge on any atom is 0.243 e. The third kappa shape index (κ3) is 3.96. The second-order valence-corrected chi connectivity index (χ2v) is 10.5. The molecule has 1 aromatic carbocycles. The number of sulfonamides is 1. The number of benzene rings is 1. The average Bonchev–Trinajstić information content (AvgIpc) is 2.73. The largest absolute Gasteiger partial charge is 0.342 e. The highest BCUT2D eigenvalue weighted by Gasteiger charge is 2.38. The highest BCUT2D eigenvalue weighted by Crippen LogP contribution is 2.37. The second kappa shape index (κ2) is 8.11. The molecule has 0 radical (unpaired) electrons. The molecule has 0 spiro atoms. The van der Waals surface area contributed by atoms with Crippen LogP contribution in [0.1, 0.15) is 44.9 Å². The van der Waals surface area contributed by atoms with Crippen molar-refractivity contribution in [2.24, 2.45) is 17.8 Å². The predicted molar refractivity (Wildman–Crippen MR) is 105 cm³/mol. The van der Waals surface area contributed by atoms with E-state index in [1.54, 1.807) is 0 Å². The molecular formula is C21H29FN2O3S. The first-order chi connectivity index (χ1) is 13.4. The molecular weight excluding hydrogens is 379 g/mol. The van der Waals surface area contributed by atoms with Gasteiger partial charge in [-0.1, -0.05) is 19.3 Å². The van der Waals surface area contributed by atoms with Crippen molar-refractivity contribution < 1.29 is 17.6 Å². The van der Waals surface area contributed by atoms with Gasteiger partial charge in [-0.05, 0) is 61.8 Å². The molecule has 3 atom stereocenters. The summed E-state index contributed by atoms with van der Waals surface area (Å²) in [6.07, 6.45) is 7.57. The summed E-state index contributed by atoms with van der Waals surface area (Å²) in [6, 6.07) is 4.91. The van der Waals surface area contributed by atoms with Gasteiger partial charge in [0.25, 0.3) is 0 Å². The molecule has 0 N–H and O–H groups in total. The molecule has 1 aromatic rings. The molecule has 4 rings (SSSR count). The number of carbonyl (C=O) groups is 1. The van der Waals surface area contributed by atoms with E-state index in [-0.39, 0.29) is 23.3 Å². The van der Waals surface area contributed by atoms with Gasteiger partial charge in [0, 0.05) is 26.2 Å². The average molecular weight is 409 g/mol. The van der Waals surface area contributed by atoms with Gasteiger partial charge in [0.2, 0.25) is 15.9 Å². The Labute approximate surface area is 166 Å². The predicted octanol–water partition coefficient (Wildman–Crippen LogP) is 3.27. The van der Waals surface area contributed by atoms with Gasteiger partial charge in [-0.2, -0.15) is 4.31 Å². The minimum Gasteiger partial charge on any atom is -0.342 e. The molecule has 28 heavy (non-hydrogen) atoms. The Kier molecular flexibility index (Phi) is 5.74. The van der Waals surface area contributed by atoms with E-state index in [4.69, 9.17) is 0 Å². The topological polar surface area (TPSA) is 57.7 Å². The van der Waals surface area contributed by atoms with E-state index in [0.29, 0.717) is 18.9 Å². The highest BCUT2D eigenvalue weighted by atomic mass is 32.2. The van der Waals surface area contributed by atoms with Gasteiger partial charge in [0.15, 0.2) is 0 Å². The molecule has 7 heteroatoms. The fourth-order valence-electron chi connectivity index (χ4n) is 5.18. The maximum atomic E-state index is 13.2. The van der Waals surface area contributed by atoms with Crippen LogP contribution in [0.2, 0.25) is 0 Å². The van der Waals surface area contributed by atoms with Crippen molar-refractivity contribution in [1.29, 1.82) is 0 Å². The van der Waals surface area contributed by atoms with Crippen molar-refractivity contribution in [2.75, 3.05) is 26.2 Å². The quantitative estimate of drug-likeness (QED) is 0.771. The number of fused-ring (bicyclic) bond motifs is 1. The molecule has 3 fully saturated rings. The number of halogens is 1. The molecule has 0 unspecified atom stereocenters. The summed E-state index contributed by atoms with van der Waals surface area (Å²) in [5.41, 5.74) is 0. The summed E-state index contributed by atoms with van der Waals surface area (Å²) < 4.78 is 40.4. The van der Waals surface area contributed by atoms with Crippen LogP contribution >= 0.6 is 0 Å². The van der Waals surface area contributed by atoms with Gasteiger partial charge in [0.1, 0.15) is 5.82 Å². The maximum absolute atomic E-state index is 13.2. The number of carbonyl (C=O) groups excluding carboxylic acids is 1. The first kappa shape index (κ1) is 19.8. The molecule has 5 nitrogen and oxygen atoms in total. The van der Waals surface area contributed by atoms with Crippen molar-refractivity contribution >= 4 is 15.9 Å². The summed E-state index contributed by atoms with van der Waals surface area (Å²) in [6.45, 7) is 2.28. The normalized spacial score (nSPS) is 29.3.